The summed E-state index contributed by atoms with van der Waals surface area (Å²) in [6, 6.07) is 15.7. The van der Waals surface area contributed by atoms with E-state index in [0.29, 0.717) is 42.7 Å². The van der Waals surface area contributed by atoms with Crippen molar-refractivity contribution in [1.29, 1.82) is 0 Å². The van der Waals surface area contributed by atoms with Crippen LogP contribution in [0.2, 0.25) is 0 Å². The molecule has 202 valence electrons. The van der Waals surface area contributed by atoms with E-state index in [1.54, 1.807) is 0 Å². The molecule has 1 aliphatic rings. The number of carbonyl (C=O) groups is 2. The summed E-state index contributed by atoms with van der Waals surface area (Å²) < 4.78 is 9.89. The highest BCUT2D eigenvalue weighted by Gasteiger charge is 2.28. The zero-order chi connectivity index (χ0) is 27.1. The maximum absolute atomic E-state index is 13.8. The summed E-state index contributed by atoms with van der Waals surface area (Å²) in [7, 11) is 0. The van der Waals surface area contributed by atoms with E-state index >= 15 is 0 Å². The molecule has 0 unspecified atom stereocenters. The van der Waals surface area contributed by atoms with Gasteiger partial charge in [0.05, 0.1) is 11.4 Å². The van der Waals surface area contributed by atoms with Crippen molar-refractivity contribution < 1.29 is 14.3 Å². The van der Waals surface area contributed by atoms with Gasteiger partial charge >= 0.3 is 0 Å². The molecule has 8 nitrogen and oxygen atoms in total. The van der Waals surface area contributed by atoms with Crippen LogP contribution >= 0.6 is 11.5 Å². The first-order valence-corrected chi connectivity index (χ1v) is 14.1. The van der Waals surface area contributed by atoms with E-state index in [0.717, 1.165) is 53.6 Å². The lowest BCUT2D eigenvalue weighted by molar-refractivity contribution is -0.120. The van der Waals surface area contributed by atoms with Crippen LogP contribution in [0.25, 0.3) is 0 Å². The average Bonchev–Trinajstić information content (AvgIpc) is 3.39. The number of rotatable bonds is 6. The van der Waals surface area contributed by atoms with E-state index in [2.05, 4.69) is 28.3 Å². The predicted octanol–water partition coefficient (Wildman–Crippen LogP) is 4.58. The number of ether oxygens (including phenoxy) is 1. The van der Waals surface area contributed by atoms with Crippen molar-refractivity contribution in [3.8, 4) is 5.75 Å². The number of amides is 2. The molecule has 0 bridgehead atoms. The number of nitrogens with zero attached hydrogens (tertiary/aromatic N) is 5. The van der Waals surface area contributed by atoms with Gasteiger partial charge in [-0.3, -0.25) is 14.5 Å². The lowest BCUT2D eigenvalue weighted by Crippen LogP contribution is -2.41. The van der Waals surface area contributed by atoms with Gasteiger partial charge in [0.1, 0.15) is 10.6 Å². The molecule has 2 amide bonds. The third-order valence-electron chi connectivity index (χ3n) is 6.95. The second-order valence-electron chi connectivity index (χ2n) is 9.84. The van der Waals surface area contributed by atoms with Crippen molar-refractivity contribution in [2.24, 2.45) is 0 Å². The smallest absolute Gasteiger partial charge is 0.267 e. The highest BCUT2D eigenvalue weighted by atomic mass is 32.1. The molecule has 0 atom stereocenters. The molecular weight excluding hydrogens is 498 g/mol. The summed E-state index contributed by atoms with van der Waals surface area (Å²) in [6.07, 6.45) is 1.47. The number of hydrogen-bond acceptors (Lipinski definition) is 7. The largest absolute Gasteiger partial charge is 0.484 e. The van der Waals surface area contributed by atoms with Crippen LogP contribution in [0.4, 0.5) is 5.69 Å². The molecule has 0 N–H and O–H groups in total. The second-order valence-corrected chi connectivity index (χ2v) is 10.6. The van der Waals surface area contributed by atoms with Crippen molar-refractivity contribution in [1.82, 2.24) is 19.4 Å². The van der Waals surface area contributed by atoms with Crippen LogP contribution in [0.5, 0.6) is 5.75 Å². The minimum Gasteiger partial charge on any atom is -0.484 e. The Morgan fingerprint density at radius 3 is 2.55 bits per heavy atom. The van der Waals surface area contributed by atoms with E-state index < -0.39 is 0 Å². The maximum atomic E-state index is 13.8. The predicted molar refractivity (Wildman–Crippen MR) is 151 cm³/mol. The van der Waals surface area contributed by atoms with Gasteiger partial charge < -0.3 is 14.5 Å². The van der Waals surface area contributed by atoms with Crippen LogP contribution in [0.1, 0.15) is 53.7 Å². The van der Waals surface area contributed by atoms with E-state index in [9.17, 15) is 9.59 Å². The summed E-state index contributed by atoms with van der Waals surface area (Å²) in [5.41, 5.74) is 3.54. The number of hydrogen-bond donors (Lipinski definition) is 0. The SMILES string of the molecule is CCc1nnsc1C(=O)N1CCN(C(C)C)CCCN(C(=O)COc2ccccc2)c2c(C)cccc2C1. The van der Waals surface area contributed by atoms with Crippen LogP contribution in [0, 0.1) is 6.92 Å². The monoisotopic (exact) mass is 535 g/mol. The average molecular weight is 536 g/mol. The zero-order valence-electron chi connectivity index (χ0n) is 22.7. The number of anilines is 1. The summed E-state index contributed by atoms with van der Waals surface area (Å²) in [5, 5.41) is 4.17. The first kappa shape index (κ1) is 27.7. The first-order chi connectivity index (χ1) is 18.4. The van der Waals surface area contributed by atoms with E-state index in [1.165, 1.54) is 0 Å². The molecule has 9 heteroatoms. The summed E-state index contributed by atoms with van der Waals surface area (Å²) >= 11 is 1.16. The molecule has 2 heterocycles. The number of carbonyl (C=O) groups excluding carboxylic acids is 2. The van der Waals surface area contributed by atoms with Gasteiger partial charge in [0, 0.05) is 38.8 Å². The Hall–Kier alpha value is -3.30. The fraction of sp³-hybridized carbons (Fsp3) is 0.448. The molecule has 4 rings (SSSR count). The summed E-state index contributed by atoms with van der Waals surface area (Å²) in [6.45, 7) is 11.4. The number of benzene rings is 2. The summed E-state index contributed by atoms with van der Waals surface area (Å²) in [5.74, 6) is 0.506. The van der Waals surface area contributed by atoms with Crippen molar-refractivity contribution >= 4 is 29.0 Å². The van der Waals surface area contributed by atoms with Crippen LogP contribution in [0.15, 0.2) is 48.5 Å². The zero-order valence-corrected chi connectivity index (χ0v) is 23.5. The number of para-hydroxylation sites is 2. The third kappa shape index (κ3) is 6.57. The highest BCUT2D eigenvalue weighted by molar-refractivity contribution is 7.08. The Morgan fingerprint density at radius 1 is 1.03 bits per heavy atom. The molecule has 1 aromatic heterocycles. The molecule has 38 heavy (non-hydrogen) atoms. The molecule has 1 aliphatic heterocycles. The van der Waals surface area contributed by atoms with E-state index in [-0.39, 0.29) is 18.4 Å². The van der Waals surface area contributed by atoms with Crippen LogP contribution < -0.4 is 9.64 Å². The topological polar surface area (TPSA) is 78.9 Å². The first-order valence-electron chi connectivity index (χ1n) is 13.3. The highest BCUT2D eigenvalue weighted by Crippen LogP contribution is 2.29. The molecule has 2 aromatic carbocycles. The normalized spacial score (nSPS) is 15.2. The van der Waals surface area contributed by atoms with Gasteiger partial charge in [-0.05, 0) is 68.4 Å². The lowest BCUT2D eigenvalue weighted by Gasteiger charge is -2.30. The minimum atomic E-state index is -0.0995. The molecule has 0 spiro atoms. The van der Waals surface area contributed by atoms with Crippen molar-refractivity contribution in [3.63, 3.8) is 0 Å². The fourth-order valence-corrected chi connectivity index (χ4v) is 5.57. The minimum absolute atomic E-state index is 0.0548. The number of aryl methyl sites for hydroxylation is 2. The van der Waals surface area contributed by atoms with Crippen LogP contribution in [0.3, 0.4) is 0 Å². The Kier molecular flexibility index (Phi) is 9.47. The van der Waals surface area contributed by atoms with Gasteiger partial charge in [-0.2, -0.15) is 0 Å². The Balaban J connectivity index is 1.69. The van der Waals surface area contributed by atoms with Crippen molar-refractivity contribution in [3.05, 3.63) is 70.2 Å². The van der Waals surface area contributed by atoms with Gasteiger partial charge in [-0.1, -0.05) is 47.8 Å². The fourth-order valence-electron chi connectivity index (χ4n) is 4.85. The van der Waals surface area contributed by atoms with Crippen LogP contribution in [-0.4, -0.2) is 70.0 Å². The van der Waals surface area contributed by atoms with Crippen LogP contribution in [-0.2, 0) is 17.8 Å². The lowest BCUT2D eigenvalue weighted by atomic mass is 10.0. The van der Waals surface area contributed by atoms with Gasteiger partial charge in [-0.25, -0.2) is 0 Å². The molecule has 0 saturated carbocycles. The van der Waals surface area contributed by atoms with Gasteiger partial charge in [-0.15, -0.1) is 5.10 Å². The molecule has 0 fully saturated rings. The molecule has 0 aliphatic carbocycles. The Morgan fingerprint density at radius 2 is 1.82 bits per heavy atom. The van der Waals surface area contributed by atoms with Crippen molar-refractivity contribution in [2.45, 2.75) is 53.1 Å². The standard InChI is InChI=1S/C29H37N5O3S/c1-5-25-28(38-31-30-25)29(36)33-18-17-32(21(2)3)15-10-16-34(27-22(4)11-9-12-23(27)19-33)26(35)20-37-24-13-7-6-8-14-24/h6-9,11-14,21H,5,10,15-20H2,1-4H3. The molecule has 0 saturated heterocycles. The Labute approximate surface area is 229 Å². The van der Waals surface area contributed by atoms with Gasteiger partial charge in [0.25, 0.3) is 11.8 Å². The van der Waals surface area contributed by atoms with Gasteiger partial charge in [0.2, 0.25) is 0 Å². The molecule has 3 aromatic rings. The summed E-state index contributed by atoms with van der Waals surface area (Å²) in [4.78, 5) is 34.1. The molecular formula is C29H37N5O3S. The molecule has 0 radical (unpaired) electrons. The van der Waals surface area contributed by atoms with E-state index in [1.807, 2.05) is 72.2 Å². The van der Waals surface area contributed by atoms with Crippen molar-refractivity contribution in [2.75, 3.05) is 37.7 Å². The maximum Gasteiger partial charge on any atom is 0.267 e. The Bertz CT molecular complexity index is 1230. The second kappa shape index (κ2) is 13.0. The number of aromatic nitrogens is 2. The number of fused-ring (bicyclic) bond motifs is 1. The van der Waals surface area contributed by atoms with Gasteiger partial charge in [0.15, 0.2) is 6.61 Å². The quantitative estimate of drug-likeness (QED) is 0.460. The van der Waals surface area contributed by atoms with E-state index in [4.69, 9.17) is 4.74 Å². The third-order valence-corrected chi connectivity index (χ3v) is 7.70.